The summed E-state index contributed by atoms with van der Waals surface area (Å²) in [7, 11) is -3.13. The maximum absolute atomic E-state index is 10.4. The quantitative estimate of drug-likeness (QED) is 0.740. The van der Waals surface area contributed by atoms with Crippen LogP contribution in [0.15, 0.2) is 24.3 Å². The van der Waals surface area contributed by atoms with Crippen LogP contribution in [0.25, 0.3) is 0 Å². The van der Waals surface area contributed by atoms with Gasteiger partial charge in [0.05, 0.1) is 0 Å². The van der Waals surface area contributed by atoms with Crippen LogP contribution >= 0.6 is 7.94 Å². The van der Waals surface area contributed by atoms with E-state index in [0.717, 1.165) is 11.3 Å². The van der Waals surface area contributed by atoms with Crippen LogP contribution in [-0.2, 0) is 15.2 Å². The summed E-state index contributed by atoms with van der Waals surface area (Å²) >= 11 is 0. The molecule has 0 aliphatic carbocycles. The SMILES string of the molecule is CCOc1ccccc1C[PH](O)(OCC)OCC. The molecule has 0 aliphatic heterocycles. The van der Waals surface area contributed by atoms with E-state index < -0.39 is 7.94 Å². The van der Waals surface area contributed by atoms with Gasteiger partial charge in [-0.25, -0.2) is 0 Å². The Morgan fingerprint density at radius 1 is 1.00 bits per heavy atom. The molecule has 104 valence electrons. The summed E-state index contributed by atoms with van der Waals surface area (Å²) in [6.07, 6.45) is 0.380. The maximum atomic E-state index is 10.4. The second-order valence-corrected chi connectivity index (χ2v) is 6.15. The first-order valence-corrected chi connectivity index (χ1v) is 8.33. The minimum absolute atomic E-state index is 0.380. The summed E-state index contributed by atoms with van der Waals surface area (Å²) in [5.41, 5.74) is 0.926. The Hall–Kier alpha value is -0.670. The molecule has 1 aromatic carbocycles. The fourth-order valence-corrected chi connectivity index (χ4v) is 3.74. The van der Waals surface area contributed by atoms with Gasteiger partial charge < -0.3 is 0 Å². The van der Waals surface area contributed by atoms with Crippen molar-refractivity contribution < 1.29 is 18.7 Å². The normalized spacial score (nSPS) is 12.4. The Kier molecular flexibility index (Phi) is 6.58. The topological polar surface area (TPSA) is 47.9 Å². The summed E-state index contributed by atoms with van der Waals surface area (Å²) in [6, 6.07) is 7.66. The van der Waals surface area contributed by atoms with E-state index in [-0.39, 0.29) is 0 Å². The summed E-state index contributed by atoms with van der Waals surface area (Å²) in [6.45, 7) is 7.13. The second-order valence-electron chi connectivity index (χ2n) is 3.80. The van der Waals surface area contributed by atoms with Crippen molar-refractivity contribution in [2.24, 2.45) is 0 Å². The van der Waals surface area contributed by atoms with Gasteiger partial charge in [-0.1, -0.05) is 0 Å². The molecule has 4 nitrogen and oxygen atoms in total. The van der Waals surface area contributed by atoms with Gasteiger partial charge in [-0.15, -0.1) is 0 Å². The van der Waals surface area contributed by atoms with Crippen LogP contribution in [0.1, 0.15) is 26.3 Å². The van der Waals surface area contributed by atoms with Crippen molar-refractivity contribution >= 4 is 7.94 Å². The molecule has 0 heterocycles. The van der Waals surface area contributed by atoms with E-state index in [2.05, 4.69) is 0 Å². The molecule has 0 radical (unpaired) electrons. The van der Waals surface area contributed by atoms with Gasteiger partial charge in [-0.05, 0) is 0 Å². The average molecular weight is 274 g/mol. The molecular formula is C13H23O4P. The molecule has 0 atom stereocenters. The molecule has 1 N–H and O–H groups in total. The Bertz CT molecular complexity index is 351. The van der Waals surface area contributed by atoms with Crippen LogP contribution in [0, 0.1) is 0 Å². The third-order valence-corrected chi connectivity index (χ3v) is 4.73. The number of hydrogen-bond acceptors (Lipinski definition) is 4. The molecule has 18 heavy (non-hydrogen) atoms. The average Bonchev–Trinajstić information content (AvgIpc) is 2.32. The molecule has 0 spiro atoms. The van der Waals surface area contributed by atoms with Crippen LogP contribution in [0.5, 0.6) is 5.75 Å². The molecule has 1 aromatic rings. The Morgan fingerprint density at radius 2 is 1.61 bits per heavy atom. The Balaban J connectivity index is 2.85. The molecule has 0 fully saturated rings. The van der Waals surface area contributed by atoms with Gasteiger partial charge in [-0.3, -0.25) is 0 Å². The van der Waals surface area contributed by atoms with Gasteiger partial charge in [0, 0.05) is 0 Å². The summed E-state index contributed by atoms with van der Waals surface area (Å²) in [5.74, 6) is 0.783. The Labute approximate surface area is 109 Å². The monoisotopic (exact) mass is 274 g/mol. The number of benzene rings is 1. The van der Waals surface area contributed by atoms with Gasteiger partial charge in [0.15, 0.2) is 0 Å². The van der Waals surface area contributed by atoms with E-state index in [0.29, 0.717) is 26.0 Å². The summed E-state index contributed by atoms with van der Waals surface area (Å²) < 4.78 is 16.4. The first-order valence-electron chi connectivity index (χ1n) is 6.36. The van der Waals surface area contributed by atoms with E-state index in [1.807, 2.05) is 45.0 Å². The second kappa shape index (κ2) is 7.70. The minimum atomic E-state index is -3.13. The van der Waals surface area contributed by atoms with Crippen LogP contribution in [-0.4, -0.2) is 24.7 Å². The third-order valence-electron chi connectivity index (χ3n) is 2.43. The van der Waals surface area contributed by atoms with Crippen LogP contribution in [0.3, 0.4) is 0 Å². The first kappa shape index (κ1) is 15.4. The van der Waals surface area contributed by atoms with Crippen LogP contribution in [0.2, 0.25) is 0 Å². The van der Waals surface area contributed by atoms with Gasteiger partial charge in [-0.2, -0.15) is 0 Å². The summed E-state index contributed by atoms with van der Waals surface area (Å²) in [4.78, 5) is 10.4. The van der Waals surface area contributed by atoms with Crippen molar-refractivity contribution in [1.29, 1.82) is 0 Å². The molecule has 0 aromatic heterocycles. The molecular weight excluding hydrogens is 251 g/mol. The van der Waals surface area contributed by atoms with E-state index >= 15 is 0 Å². The van der Waals surface area contributed by atoms with Crippen molar-refractivity contribution in [3.05, 3.63) is 29.8 Å². The third kappa shape index (κ3) is 4.54. The molecule has 0 saturated carbocycles. The predicted octanol–water partition coefficient (Wildman–Crippen LogP) is 3.15. The summed E-state index contributed by atoms with van der Waals surface area (Å²) in [5, 5.41) is 0. The fourth-order valence-electron chi connectivity index (χ4n) is 1.78. The molecule has 5 heteroatoms. The number of rotatable bonds is 8. The number of hydrogen-bond donors (Lipinski definition) is 1. The standard InChI is InChI=1S/C13H23O4P/c1-4-15-13-10-8-7-9-12(13)11-18(14,16-5-2)17-6-3/h7-10,14,18H,4-6,11H2,1-3H3. The predicted molar refractivity (Wildman–Crippen MR) is 75.1 cm³/mol. The first-order chi connectivity index (χ1) is 8.65. The molecule has 0 bridgehead atoms. The van der Waals surface area contributed by atoms with E-state index in [1.165, 1.54) is 0 Å². The van der Waals surface area contributed by atoms with Gasteiger partial charge in [0.1, 0.15) is 0 Å². The van der Waals surface area contributed by atoms with Gasteiger partial charge in [0.2, 0.25) is 0 Å². The van der Waals surface area contributed by atoms with Gasteiger partial charge >= 0.3 is 109 Å². The van der Waals surface area contributed by atoms with Crippen LogP contribution in [0.4, 0.5) is 0 Å². The van der Waals surface area contributed by atoms with Crippen LogP contribution < -0.4 is 4.74 Å². The molecule has 0 unspecified atom stereocenters. The van der Waals surface area contributed by atoms with E-state index in [1.54, 1.807) is 0 Å². The van der Waals surface area contributed by atoms with E-state index in [9.17, 15) is 4.89 Å². The molecule has 0 saturated heterocycles. The Morgan fingerprint density at radius 3 is 2.17 bits per heavy atom. The number of ether oxygens (including phenoxy) is 1. The molecule has 0 aliphatic rings. The van der Waals surface area contributed by atoms with Crippen molar-refractivity contribution in [3.63, 3.8) is 0 Å². The van der Waals surface area contributed by atoms with Crippen molar-refractivity contribution in [2.45, 2.75) is 26.9 Å². The zero-order valence-electron chi connectivity index (χ0n) is 11.3. The van der Waals surface area contributed by atoms with Crippen molar-refractivity contribution in [3.8, 4) is 5.75 Å². The van der Waals surface area contributed by atoms with Crippen molar-refractivity contribution in [2.75, 3.05) is 19.8 Å². The molecule has 1 rings (SSSR count). The van der Waals surface area contributed by atoms with E-state index in [4.69, 9.17) is 13.8 Å². The zero-order chi connectivity index (χ0) is 13.4. The van der Waals surface area contributed by atoms with Gasteiger partial charge in [0.25, 0.3) is 0 Å². The number of para-hydroxylation sites is 1. The zero-order valence-corrected chi connectivity index (χ0v) is 12.3. The fraction of sp³-hybridized carbons (Fsp3) is 0.538. The molecule has 0 amide bonds. The van der Waals surface area contributed by atoms with Crippen molar-refractivity contribution in [1.82, 2.24) is 0 Å².